The van der Waals surface area contributed by atoms with Crippen molar-refractivity contribution in [3.8, 4) is 5.75 Å². The molecule has 118 valence electrons. The first kappa shape index (κ1) is 16.4. The minimum absolute atomic E-state index is 0.124. The van der Waals surface area contributed by atoms with E-state index in [1.165, 1.54) is 6.07 Å². The van der Waals surface area contributed by atoms with Crippen LogP contribution in [-0.4, -0.2) is 18.8 Å². The van der Waals surface area contributed by atoms with E-state index in [0.29, 0.717) is 11.3 Å². The molecule has 0 amide bonds. The fourth-order valence-corrected chi connectivity index (χ4v) is 2.29. The van der Waals surface area contributed by atoms with E-state index in [1.54, 1.807) is 7.11 Å². The molecular weight excluding hydrogens is 288 g/mol. The van der Waals surface area contributed by atoms with Crippen molar-refractivity contribution in [1.29, 1.82) is 0 Å². The SMILES string of the molecule is COc1cccc(C(CO)NC(C)c2ccc(F)c(F)c2)c1. The fraction of sp³-hybridized carbons (Fsp3) is 0.294. The Morgan fingerprint density at radius 3 is 2.50 bits per heavy atom. The first-order valence-electron chi connectivity index (χ1n) is 7.01. The van der Waals surface area contributed by atoms with Gasteiger partial charge in [-0.05, 0) is 42.3 Å². The summed E-state index contributed by atoms with van der Waals surface area (Å²) in [5.74, 6) is -1.06. The molecule has 0 radical (unpaired) electrons. The highest BCUT2D eigenvalue weighted by molar-refractivity contribution is 5.31. The van der Waals surface area contributed by atoms with Crippen LogP contribution in [0.25, 0.3) is 0 Å². The molecular formula is C17H19F2NO2. The molecule has 22 heavy (non-hydrogen) atoms. The third-order valence-electron chi connectivity index (χ3n) is 3.57. The van der Waals surface area contributed by atoms with Crippen molar-refractivity contribution >= 4 is 0 Å². The van der Waals surface area contributed by atoms with Crippen molar-refractivity contribution in [2.45, 2.75) is 19.0 Å². The lowest BCUT2D eigenvalue weighted by atomic mass is 10.0. The molecule has 0 aromatic heterocycles. The first-order chi connectivity index (χ1) is 10.5. The van der Waals surface area contributed by atoms with E-state index in [-0.39, 0.29) is 18.7 Å². The van der Waals surface area contributed by atoms with Crippen LogP contribution in [0.2, 0.25) is 0 Å². The second-order valence-corrected chi connectivity index (χ2v) is 5.07. The highest BCUT2D eigenvalue weighted by atomic mass is 19.2. The van der Waals surface area contributed by atoms with Crippen molar-refractivity contribution < 1.29 is 18.6 Å². The largest absolute Gasteiger partial charge is 0.497 e. The van der Waals surface area contributed by atoms with Crippen LogP contribution in [0.5, 0.6) is 5.75 Å². The van der Waals surface area contributed by atoms with Gasteiger partial charge in [0.1, 0.15) is 5.75 Å². The van der Waals surface area contributed by atoms with E-state index >= 15 is 0 Å². The molecule has 2 N–H and O–H groups in total. The molecule has 2 atom stereocenters. The number of nitrogens with one attached hydrogen (secondary N) is 1. The summed E-state index contributed by atoms with van der Waals surface area (Å²) in [4.78, 5) is 0. The highest BCUT2D eigenvalue weighted by Crippen LogP contribution is 2.23. The average molecular weight is 307 g/mol. The van der Waals surface area contributed by atoms with Gasteiger partial charge in [-0.25, -0.2) is 8.78 Å². The summed E-state index contributed by atoms with van der Waals surface area (Å²) >= 11 is 0. The molecule has 2 aromatic carbocycles. The van der Waals surface area contributed by atoms with Crippen LogP contribution in [0, 0.1) is 11.6 Å². The number of aliphatic hydroxyl groups excluding tert-OH is 1. The first-order valence-corrected chi connectivity index (χ1v) is 7.01. The summed E-state index contributed by atoms with van der Waals surface area (Å²) in [7, 11) is 1.57. The van der Waals surface area contributed by atoms with Crippen LogP contribution in [0.1, 0.15) is 30.1 Å². The zero-order valence-corrected chi connectivity index (χ0v) is 12.5. The number of methoxy groups -OCH3 is 1. The number of ether oxygens (including phenoxy) is 1. The Morgan fingerprint density at radius 1 is 1.09 bits per heavy atom. The van der Waals surface area contributed by atoms with Gasteiger partial charge in [-0.3, -0.25) is 0 Å². The Labute approximate surface area is 128 Å². The molecule has 0 spiro atoms. The monoisotopic (exact) mass is 307 g/mol. The van der Waals surface area contributed by atoms with E-state index in [1.807, 2.05) is 31.2 Å². The zero-order chi connectivity index (χ0) is 16.1. The van der Waals surface area contributed by atoms with Gasteiger partial charge in [0.15, 0.2) is 11.6 Å². The van der Waals surface area contributed by atoms with Crippen molar-refractivity contribution in [2.75, 3.05) is 13.7 Å². The maximum atomic E-state index is 13.3. The Kier molecular flexibility index (Phi) is 5.46. The number of halogens is 2. The Morgan fingerprint density at radius 2 is 1.86 bits per heavy atom. The van der Waals surface area contributed by atoms with Crippen LogP contribution in [0.4, 0.5) is 8.78 Å². The second-order valence-electron chi connectivity index (χ2n) is 5.07. The molecule has 0 bridgehead atoms. The third-order valence-corrected chi connectivity index (χ3v) is 3.57. The highest BCUT2D eigenvalue weighted by Gasteiger charge is 2.16. The molecule has 0 heterocycles. The van der Waals surface area contributed by atoms with Crippen LogP contribution in [0.15, 0.2) is 42.5 Å². The molecule has 2 rings (SSSR count). The summed E-state index contributed by atoms with van der Waals surface area (Å²) in [6.07, 6.45) is 0. The van der Waals surface area contributed by atoms with E-state index in [0.717, 1.165) is 17.7 Å². The minimum atomic E-state index is -0.881. The molecule has 0 saturated carbocycles. The average Bonchev–Trinajstić information content (AvgIpc) is 2.54. The lowest BCUT2D eigenvalue weighted by molar-refractivity contribution is 0.235. The Hall–Kier alpha value is -1.98. The van der Waals surface area contributed by atoms with Crippen LogP contribution >= 0.6 is 0 Å². The molecule has 0 aliphatic carbocycles. The van der Waals surface area contributed by atoms with Crippen molar-refractivity contribution in [1.82, 2.24) is 5.32 Å². The maximum absolute atomic E-state index is 13.3. The molecule has 0 aliphatic heterocycles. The van der Waals surface area contributed by atoms with Gasteiger partial charge in [-0.1, -0.05) is 18.2 Å². The molecule has 5 heteroatoms. The quantitative estimate of drug-likeness (QED) is 0.860. The van der Waals surface area contributed by atoms with Crippen LogP contribution in [-0.2, 0) is 0 Å². The summed E-state index contributed by atoms with van der Waals surface area (Å²) in [6, 6.07) is 10.5. The molecule has 3 nitrogen and oxygen atoms in total. The van der Waals surface area contributed by atoms with Crippen LogP contribution in [0.3, 0.4) is 0 Å². The van der Waals surface area contributed by atoms with Gasteiger partial charge in [0.05, 0.1) is 19.8 Å². The second kappa shape index (κ2) is 7.33. The zero-order valence-electron chi connectivity index (χ0n) is 12.5. The molecule has 0 saturated heterocycles. The summed E-state index contributed by atoms with van der Waals surface area (Å²) in [5, 5.41) is 12.8. The van der Waals surface area contributed by atoms with Gasteiger partial charge < -0.3 is 15.2 Å². The number of hydrogen-bond donors (Lipinski definition) is 2. The van der Waals surface area contributed by atoms with Crippen molar-refractivity contribution in [2.24, 2.45) is 0 Å². The standard InChI is InChI=1S/C17H19F2NO2/c1-11(12-6-7-15(18)16(19)9-12)20-17(10-21)13-4-3-5-14(8-13)22-2/h3-9,11,17,20-21H,10H2,1-2H3. The predicted octanol–water partition coefficient (Wildman–Crippen LogP) is 3.36. The number of hydrogen-bond acceptors (Lipinski definition) is 3. The number of benzene rings is 2. The molecule has 2 unspecified atom stereocenters. The van der Waals surface area contributed by atoms with Gasteiger partial charge in [-0.2, -0.15) is 0 Å². The van der Waals surface area contributed by atoms with Gasteiger partial charge in [0.25, 0.3) is 0 Å². The van der Waals surface area contributed by atoms with E-state index in [4.69, 9.17) is 4.74 Å². The van der Waals surface area contributed by atoms with E-state index in [2.05, 4.69) is 5.32 Å². The van der Waals surface area contributed by atoms with Crippen LogP contribution < -0.4 is 10.1 Å². The number of rotatable bonds is 6. The molecule has 2 aromatic rings. The normalized spacial score (nSPS) is 13.7. The Balaban J connectivity index is 2.16. The Bertz CT molecular complexity index is 634. The topological polar surface area (TPSA) is 41.5 Å². The minimum Gasteiger partial charge on any atom is -0.497 e. The van der Waals surface area contributed by atoms with E-state index < -0.39 is 11.6 Å². The number of aliphatic hydroxyl groups is 1. The summed E-state index contributed by atoms with van der Waals surface area (Å²) in [5.41, 5.74) is 1.47. The van der Waals surface area contributed by atoms with E-state index in [9.17, 15) is 13.9 Å². The summed E-state index contributed by atoms with van der Waals surface area (Å²) in [6.45, 7) is 1.71. The van der Waals surface area contributed by atoms with Crippen molar-refractivity contribution in [3.05, 3.63) is 65.2 Å². The van der Waals surface area contributed by atoms with Crippen molar-refractivity contribution in [3.63, 3.8) is 0 Å². The predicted molar refractivity (Wildman–Crippen MR) is 80.7 cm³/mol. The third kappa shape index (κ3) is 3.81. The van der Waals surface area contributed by atoms with Gasteiger partial charge in [0.2, 0.25) is 0 Å². The van der Waals surface area contributed by atoms with Gasteiger partial charge in [-0.15, -0.1) is 0 Å². The summed E-state index contributed by atoms with van der Waals surface area (Å²) < 4.78 is 31.5. The molecule has 0 aliphatic rings. The lowest BCUT2D eigenvalue weighted by Gasteiger charge is -2.23. The smallest absolute Gasteiger partial charge is 0.159 e. The van der Waals surface area contributed by atoms with Gasteiger partial charge >= 0.3 is 0 Å². The fourth-order valence-electron chi connectivity index (χ4n) is 2.29. The maximum Gasteiger partial charge on any atom is 0.159 e. The van der Waals surface area contributed by atoms with Gasteiger partial charge in [0, 0.05) is 6.04 Å². The lowest BCUT2D eigenvalue weighted by Crippen LogP contribution is -2.27. The molecule has 0 fully saturated rings.